The number of anilines is 3. The van der Waals surface area contributed by atoms with Crippen molar-refractivity contribution in [1.82, 2.24) is 9.88 Å². The third kappa shape index (κ3) is 5.35. The Kier molecular flexibility index (Phi) is 6.32. The molecule has 0 aliphatic carbocycles. The van der Waals surface area contributed by atoms with Crippen molar-refractivity contribution in [2.24, 2.45) is 0 Å². The Morgan fingerprint density at radius 3 is 2.42 bits per heavy atom. The van der Waals surface area contributed by atoms with E-state index in [1.807, 2.05) is 36.4 Å². The molecule has 0 saturated carbocycles. The molecule has 1 aromatic heterocycles. The van der Waals surface area contributed by atoms with Gasteiger partial charge in [0.05, 0.1) is 6.54 Å². The fourth-order valence-electron chi connectivity index (χ4n) is 3.30. The number of hydrogen-bond acceptors (Lipinski definition) is 4. The monoisotopic (exact) mass is 439 g/mol. The molecule has 0 atom stereocenters. The number of nitrogens with one attached hydrogen (secondary N) is 2. The fourth-order valence-corrected chi connectivity index (χ4v) is 3.30. The van der Waals surface area contributed by atoms with Crippen molar-refractivity contribution in [3.8, 4) is 11.8 Å². The maximum Gasteiger partial charge on any atom is 0.332 e. The van der Waals surface area contributed by atoms with E-state index in [1.54, 1.807) is 41.4 Å². The first-order chi connectivity index (χ1) is 16.0. The molecule has 1 saturated heterocycles. The van der Waals surface area contributed by atoms with Gasteiger partial charge in [-0.15, -0.1) is 0 Å². The van der Waals surface area contributed by atoms with Crippen LogP contribution in [-0.4, -0.2) is 40.9 Å². The van der Waals surface area contributed by atoms with Crippen LogP contribution in [0.1, 0.15) is 18.1 Å². The highest BCUT2D eigenvalue weighted by Crippen LogP contribution is 2.21. The third-order valence-electron chi connectivity index (χ3n) is 4.85. The Hall–Kier alpha value is -4.64. The minimum atomic E-state index is -0.485. The lowest BCUT2D eigenvalue weighted by molar-refractivity contribution is -0.114. The second-order valence-corrected chi connectivity index (χ2v) is 7.30. The van der Waals surface area contributed by atoms with E-state index in [2.05, 4.69) is 27.5 Å². The number of urea groups is 2. The standard InChI is InChI=1S/C25H21N5O3/c1-18(31)27-23-13-12-20(17-26-23)11-10-19-6-5-7-21(16-19)28-24(32)30-15-14-29(25(30)33)22-8-3-2-4-9-22/h2-9,12-13,16-17H,14-15H2,1H3,(H,28,32)(H,26,27,31). The number of benzene rings is 2. The first-order valence-electron chi connectivity index (χ1n) is 10.3. The lowest BCUT2D eigenvalue weighted by Gasteiger charge is -2.18. The molecule has 3 aromatic rings. The van der Waals surface area contributed by atoms with E-state index in [9.17, 15) is 14.4 Å². The number of pyridine rings is 1. The Morgan fingerprint density at radius 2 is 1.70 bits per heavy atom. The van der Waals surface area contributed by atoms with Crippen molar-refractivity contribution < 1.29 is 14.4 Å². The summed E-state index contributed by atoms with van der Waals surface area (Å²) >= 11 is 0. The van der Waals surface area contributed by atoms with Gasteiger partial charge in [-0.2, -0.15) is 0 Å². The number of hydrogen-bond donors (Lipinski definition) is 2. The smallest absolute Gasteiger partial charge is 0.311 e. The number of nitrogens with zero attached hydrogens (tertiary/aromatic N) is 3. The van der Waals surface area contributed by atoms with Crippen LogP contribution in [0.2, 0.25) is 0 Å². The molecular formula is C25H21N5O3. The molecular weight excluding hydrogens is 418 g/mol. The molecule has 164 valence electrons. The molecule has 1 aliphatic heterocycles. The molecule has 1 fully saturated rings. The van der Waals surface area contributed by atoms with E-state index in [0.717, 1.165) is 5.69 Å². The third-order valence-corrected chi connectivity index (χ3v) is 4.85. The van der Waals surface area contributed by atoms with Gasteiger partial charge in [-0.3, -0.25) is 9.69 Å². The quantitative estimate of drug-likeness (QED) is 0.605. The SMILES string of the molecule is CC(=O)Nc1ccc(C#Cc2cccc(NC(=O)N3CCN(c4ccccc4)C3=O)c2)cn1. The van der Waals surface area contributed by atoms with Crippen LogP contribution < -0.4 is 15.5 Å². The summed E-state index contributed by atoms with van der Waals surface area (Å²) in [5, 5.41) is 5.37. The van der Waals surface area contributed by atoms with Gasteiger partial charge in [-0.05, 0) is 42.5 Å². The number of carbonyl (C=O) groups is 3. The van der Waals surface area contributed by atoms with E-state index in [-0.39, 0.29) is 11.9 Å². The summed E-state index contributed by atoms with van der Waals surface area (Å²) in [7, 11) is 0. The number of amides is 5. The zero-order valence-electron chi connectivity index (χ0n) is 17.9. The minimum absolute atomic E-state index is 0.191. The molecule has 2 aromatic carbocycles. The molecule has 0 radical (unpaired) electrons. The number of imide groups is 1. The van der Waals surface area contributed by atoms with Crippen LogP contribution in [0.4, 0.5) is 26.8 Å². The molecule has 0 bridgehead atoms. The normalized spacial score (nSPS) is 12.7. The van der Waals surface area contributed by atoms with Gasteiger partial charge in [0, 0.05) is 42.2 Å². The predicted octanol–water partition coefficient (Wildman–Crippen LogP) is 3.91. The Labute approximate surface area is 191 Å². The van der Waals surface area contributed by atoms with Crippen molar-refractivity contribution in [2.45, 2.75) is 6.92 Å². The second-order valence-electron chi connectivity index (χ2n) is 7.30. The number of rotatable bonds is 3. The zero-order chi connectivity index (χ0) is 23.2. The molecule has 5 amide bonds. The van der Waals surface area contributed by atoms with E-state index in [0.29, 0.717) is 35.7 Å². The van der Waals surface area contributed by atoms with E-state index >= 15 is 0 Å². The summed E-state index contributed by atoms with van der Waals surface area (Å²) < 4.78 is 0. The Balaban J connectivity index is 1.40. The highest BCUT2D eigenvalue weighted by Gasteiger charge is 2.34. The van der Waals surface area contributed by atoms with E-state index in [4.69, 9.17) is 0 Å². The van der Waals surface area contributed by atoms with E-state index < -0.39 is 6.03 Å². The highest BCUT2D eigenvalue weighted by atomic mass is 16.2. The average molecular weight is 439 g/mol. The summed E-state index contributed by atoms with van der Waals surface area (Å²) in [5.74, 6) is 6.29. The topological polar surface area (TPSA) is 94.6 Å². The zero-order valence-corrected chi connectivity index (χ0v) is 17.9. The maximum atomic E-state index is 12.7. The van der Waals surface area contributed by atoms with Gasteiger partial charge in [0.2, 0.25) is 5.91 Å². The predicted molar refractivity (Wildman–Crippen MR) is 126 cm³/mol. The number of carbonyl (C=O) groups excluding carboxylic acids is 3. The molecule has 0 spiro atoms. The Morgan fingerprint density at radius 1 is 0.909 bits per heavy atom. The van der Waals surface area contributed by atoms with Crippen LogP contribution >= 0.6 is 0 Å². The molecule has 4 rings (SSSR count). The van der Waals surface area contributed by atoms with Crippen LogP contribution in [0.25, 0.3) is 0 Å². The van der Waals surface area contributed by atoms with E-state index in [1.165, 1.54) is 11.8 Å². The number of aromatic nitrogens is 1. The molecule has 8 nitrogen and oxygen atoms in total. The summed E-state index contributed by atoms with van der Waals surface area (Å²) in [6, 6.07) is 18.9. The molecule has 0 unspecified atom stereocenters. The lowest BCUT2D eigenvalue weighted by Crippen LogP contribution is -2.39. The molecule has 2 N–H and O–H groups in total. The molecule has 33 heavy (non-hydrogen) atoms. The van der Waals surface area contributed by atoms with Crippen molar-refractivity contribution >= 4 is 35.2 Å². The van der Waals surface area contributed by atoms with Crippen LogP contribution in [0.15, 0.2) is 72.9 Å². The summed E-state index contributed by atoms with van der Waals surface area (Å²) in [6.45, 7) is 2.16. The lowest BCUT2D eigenvalue weighted by atomic mass is 10.2. The average Bonchev–Trinajstić information content (AvgIpc) is 3.20. The van der Waals surface area contributed by atoms with Crippen LogP contribution in [0.5, 0.6) is 0 Å². The van der Waals surface area contributed by atoms with Crippen LogP contribution in [0.3, 0.4) is 0 Å². The second kappa shape index (κ2) is 9.66. The van der Waals surface area contributed by atoms with Crippen LogP contribution in [-0.2, 0) is 4.79 Å². The first kappa shape index (κ1) is 21.6. The maximum absolute atomic E-state index is 12.7. The summed E-state index contributed by atoms with van der Waals surface area (Å²) in [4.78, 5) is 43.3. The summed E-state index contributed by atoms with van der Waals surface area (Å²) in [6.07, 6.45) is 1.57. The summed E-state index contributed by atoms with van der Waals surface area (Å²) in [5.41, 5.74) is 2.67. The van der Waals surface area contributed by atoms with Gasteiger partial charge in [0.1, 0.15) is 5.82 Å². The van der Waals surface area contributed by atoms with Crippen molar-refractivity contribution in [3.05, 3.63) is 84.1 Å². The number of para-hydroxylation sites is 1. The molecule has 1 aliphatic rings. The van der Waals surface area contributed by atoms with Gasteiger partial charge in [0.25, 0.3) is 0 Å². The van der Waals surface area contributed by atoms with Gasteiger partial charge in [0.15, 0.2) is 0 Å². The molecule has 8 heteroatoms. The van der Waals surface area contributed by atoms with Gasteiger partial charge >= 0.3 is 12.1 Å². The first-order valence-corrected chi connectivity index (χ1v) is 10.3. The molecule has 2 heterocycles. The van der Waals surface area contributed by atoms with Crippen molar-refractivity contribution in [2.75, 3.05) is 28.6 Å². The van der Waals surface area contributed by atoms with Gasteiger partial charge in [-0.25, -0.2) is 19.5 Å². The van der Waals surface area contributed by atoms with Gasteiger partial charge in [-0.1, -0.05) is 36.1 Å². The largest absolute Gasteiger partial charge is 0.332 e. The van der Waals surface area contributed by atoms with Crippen LogP contribution in [0, 0.1) is 11.8 Å². The van der Waals surface area contributed by atoms with Crippen molar-refractivity contribution in [1.29, 1.82) is 0 Å². The van der Waals surface area contributed by atoms with Gasteiger partial charge < -0.3 is 10.6 Å². The Bertz CT molecular complexity index is 1250. The highest BCUT2D eigenvalue weighted by molar-refractivity contribution is 6.08. The minimum Gasteiger partial charge on any atom is -0.311 e. The fraction of sp³-hybridized carbons (Fsp3) is 0.120. The van der Waals surface area contributed by atoms with Crippen molar-refractivity contribution in [3.63, 3.8) is 0 Å².